The van der Waals surface area contributed by atoms with Gasteiger partial charge in [0, 0.05) is 23.5 Å². The van der Waals surface area contributed by atoms with E-state index in [1.165, 1.54) is 6.07 Å². The molecule has 1 aromatic carbocycles. The van der Waals surface area contributed by atoms with Gasteiger partial charge in [0.2, 0.25) is 0 Å². The van der Waals surface area contributed by atoms with Gasteiger partial charge in [-0.1, -0.05) is 23.4 Å². The van der Waals surface area contributed by atoms with Crippen LogP contribution in [0.25, 0.3) is 10.9 Å². The first-order chi connectivity index (χ1) is 9.66. The monoisotopic (exact) mass is 305 g/mol. The molecule has 6 heteroatoms. The highest BCUT2D eigenvalue weighted by Gasteiger charge is 2.15. The molecule has 0 radical (unpaired) electrons. The Morgan fingerprint density at radius 3 is 2.70 bits per heavy atom. The third kappa shape index (κ3) is 2.30. The summed E-state index contributed by atoms with van der Waals surface area (Å²) in [5.74, 6) is -0.430. The molecule has 0 aliphatic carbocycles. The minimum atomic E-state index is -0.430. The molecule has 20 heavy (non-hydrogen) atoms. The number of nitrogens with two attached hydrogens (primary N) is 1. The Kier molecular flexibility index (Phi) is 3.46. The molecule has 0 amide bonds. The van der Waals surface area contributed by atoms with E-state index in [-0.39, 0.29) is 0 Å². The van der Waals surface area contributed by atoms with Crippen LogP contribution in [0.3, 0.4) is 0 Å². The van der Waals surface area contributed by atoms with Crippen LogP contribution in [0.1, 0.15) is 0 Å². The zero-order valence-electron chi connectivity index (χ0n) is 10.2. The minimum absolute atomic E-state index is 0.363. The number of benzene rings is 1. The molecule has 100 valence electrons. The molecule has 0 aliphatic heterocycles. The fourth-order valence-electron chi connectivity index (χ4n) is 1.85. The molecule has 0 atom stereocenters. The van der Waals surface area contributed by atoms with Gasteiger partial charge in [0.1, 0.15) is 10.8 Å². The summed E-state index contributed by atoms with van der Waals surface area (Å²) < 4.78 is 14.2. The van der Waals surface area contributed by atoms with E-state index in [0.717, 1.165) is 11.8 Å². The summed E-state index contributed by atoms with van der Waals surface area (Å²) in [4.78, 5) is 8.74. The molecule has 0 saturated carbocycles. The molecule has 0 bridgehead atoms. The Labute approximate surface area is 124 Å². The predicted octanol–water partition coefficient (Wildman–Crippen LogP) is 4.16. The van der Waals surface area contributed by atoms with Crippen molar-refractivity contribution in [1.29, 1.82) is 0 Å². The fourth-order valence-corrected chi connectivity index (χ4v) is 2.98. The number of pyridine rings is 2. The summed E-state index contributed by atoms with van der Waals surface area (Å²) in [5, 5.41) is 1.71. The maximum atomic E-state index is 14.2. The highest BCUT2D eigenvalue weighted by atomic mass is 35.5. The van der Waals surface area contributed by atoms with Gasteiger partial charge in [0.25, 0.3) is 0 Å². The van der Waals surface area contributed by atoms with Gasteiger partial charge in [-0.15, -0.1) is 0 Å². The fraction of sp³-hybridized carbons (Fsp3) is 0. The predicted molar refractivity (Wildman–Crippen MR) is 79.5 cm³/mol. The summed E-state index contributed by atoms with van der Waals surface area (Å²) in [6, 6.07) is 8.30. The molecule has 0 fully saturated rings. The van der Waals surface area contributed by atoms with Crippen LogP contribution in [0, 0.1) is 5.82 Å². The van der Waals surface area contributed by atoms with Gasteiger partial charge >= 0.3 is 0 Å². The third-order valence-corrected chi connectivity index (χ3v) is 4.28. The minimum Gasteiger partial charge on any atom is -0.398 e. The average molecular weight is 306 g/mol. The Morgan fingerprint density at radius 1 is 1.15 bits per heavy atom. The highest BCUT2D eigenvalue weighted by Crippen LogP contribution is 2.38. The first-order valence-corrected chi connectivity index (χ1v) is 6.97. The summed E-state index contributed by atoms with van der Waals surface area (Å²) in [6.07, 6.45) is 3.21. The summed E-state index contributed by atoms with van der Waals surface area (Å²) in [5.41, 5.74) is 6.69. The first-order valence-electron chi connectivity index (χ1n) is 5.78. The van der Waals surface area contributed by atoms with E-state index in [2.05, 4.69) is 9.97 Å². The Balaban J connectivity index is 2.19. The summed E-state index contributed by atoms with van der Waals surface area (Å²) in [6.45, 7) is 0. The van der Waals surface area contributed by atoms with Crippen molar-refractivity contribution < 1.29 is 4.39 Å². The topological polar surface area (TPSA) is 51.8 Å². The van der Waals surface area contributed by atoms with Crippen molar-refractivity contribution in [2.45, 2.75) is 9.92 Å². The van der Waals surface area contributed by atoms with Crippen LogP contribution in [0.2, 0.25) is 5.02 Å². The zero-order valence-corrected chi connectivity index (χ0v) is 11.7. The van der Waals surface area contributed by atoms with Crippen LogP contribution in [0.5, 0.6) is 0 Å². The number of anilines is 1. The summed E-state index contributed by atoms with van der Waals surface area (Å²) >= 11 is 7.20. The number of hydrogen-bond donors (Lipinski definition) is 1. The van der Waals surface area contributed by atoms with Crippen molar-refractivity contribution in [2.75, 3.05) is 5.73 Å². The van der Waals surface area contributed by atoms with Gasteiger partial charge in [-0.25, -0.2) is 9.37 Å². The van der Waals surface area contributed by atoms with Crippen molar-refractivity contribution >= 4 is 40.0 Å². The molecule has 2 N–H and O–H groups in total. The lowest BCUT2D eigenvalue weighted by molar-refractivity contribution is 0.605. The van der Waals surface area contributed by atoms with Crippen LogP contribution in [0.15, 0.2) is 52.6 Å². The smallest absolute Gasteiger partial charge is 0.141 e. The third-order valence-electron chi connectivity index (χ3n) is 2.76. The first kappa shape index (κ1) is 13.1. The van der Waals surface area contributed by atoms with Gasteiger partial charge in [0.15, 0.2) is 0 Å². The van der Waals surface area contributed by atoms with E-state index < -0.39 is 5.82 Å². The molecule has 3 rings (SSSR count). The van der Waals surface area contributed by atoms with Crippen LogP contribution in [-0.2, 0) is 0 Å². The van der Waals surface area contributed by atoms with Crippen molar-refractivity contribution in [3.63, 3.8) is 0 Å². The maximum absolute atomic E-state index is 14.2. The Hall–Kier alpha value is -1.85. The van der Waals surface area contributed by atoms with E-state index in [4.69, 9.17) is 17.3 Å². The lowest BCUT2D eigenvalue weighted by Crippen LogP contribution is -1.94. The molecular weight excluding hydrogens is 297 g/mol. The number of aromatic nitrogens is 2. The second-order valence-electron chi connectivity index (χ2n) is 4.07. The van der Waals surface area contributed by atoms with E-state index in [1.54, 1.807) is 36.7 Å². The number of rotatable bonds is 2. The zero-order chi connectivity index (χ0) is 14.1. The molecule has 2 heterocycles. The van der Waals surface area contributed by atoms with Crippen LogP contribution in [0.4, 0.5) is 10.1 Å². The van der Waals surface area contributed by atoms with Gasteiger partial charge in [-0.2, -0.15) is 0 Å². The summed E-state index contributed by atoms with van der Waals surface area (Å²) in [7, 11) is 0. The quantitative estimate of drug-likeness (QED) is 0.722. The Bertz CT molecular complexity index is 794. The van der Waals surface area contributed by atoms with Crippen LogP contribution in [-0.4, -0.2) is 9.97 Å². The second-order valence-corrected chi connectivity index (χ2v) is 5.48. The van der Waals surface area contributed by atoms with Gasteiger partial charge < -0.3 is 5.73 Å². The van der Waals surface area contributed by atoms with Crippen molar-refractivity contribution in [2.24, 2.45) is 0 Å². The van der Waals surface area contributed by atoms with E-state index in [1.807, 2.05) is 0 Å². The molecule has 0 saturated heterocycles. The normalized spacial score (nSPS) is 10.9. The average Bonchev–Trinajstić information content (AvgIpc) is 2.45. The van der Waals surface area contributed by atoms with Gasteiger partial charge in [-0.3, -0.25) is 4.98 Å². The standard InChI is InChI=1S/C14H9ClFN3S/c15-9-4-2-6-19-14(9)20-13-10(16)7-11(17)8-3-1-5-18-12(8)13/h1-7H,17H2. The largest absolute Gasteiger partial charge is 0.398 e. The van der Waals surface area contributed by atoms with Crippen LogP contribution >= 0.6 is 23.4 Å². The number of fused-ring (bicyclic) bond motifs is 1. The van der Waals surface area contributed by atoms with E-state index in [9.17, 15) is 4.39 Å². The lowest BCUT2D eigenvalue weighted by atomic mass is 10.2. The SMILES string of the molecule is Nc1cc(F)c(Sc2ncccc2Cl)c2ncccc12. The van der Waals surface area contributed by atoms with E-state index >= 15 is 0 Å². The van der Waals surface area contributed by atoms with Crippen molar-refractivity contribution in [3.8, 4) is 0 Å². The number of halogens is 2. The van der Waals surface area contributed by atoms with Gasteiger partial charge in [0.05, 0.1) is 15.4 Å². The number of nitrogen functional groups attached to an aromatic ring is 1. The molecule has 3 nitrogen and oxygen atoms in total. The number of nitrogens with zero attached hydrogens (tertiary/aromatic N) is 2. The Morgan fingerprint density at radius 2 is 1.90 bits per heavy atom. The molecular formula is C14H9ClFN3S. The van der Waals surface area contributed by atoms with Crippen LogP contribution < -0.4 is 5.73 Å². The number of hydrogen-bond acceptors (Lipinski definition) is 4. The van der Waals surface area contributed by atoms with E-state index in [0.29, 0.717) is 31.5 Å². The highest BCUT2D eigenvalue weighted by molar-refractivity contribution is 7.99. The maximum Gasteiger partial charge on any atom is 0.141 e. The molecule has 0 aliphatic rings. The molecule has 3 aromatic rings. The molecule has 2 aromatic heterocycles. The van der Waals surface area contributed by atoms with Gasteiger partial charge in [-0.05, 0) is 30.3 Å². The second kappa shape index (κ2) is 5.26. The molecule has 0 spiro atoms. The van der Waals surface area contributed by atoms with Crippen molar-refractivity contribution in [1.82, 2.24) is 9.97 Å². The lowest BCUT2D eigenvalue weighted by Gasteiger charge is -2.09. The molecule has 0 unspecified atom stereocenters. The van der Waals surface area contributed by atoms with Crippen molar-refractivity contribution in [3.05, 3.63) is 53.6 Å².